The van der Waals surface area contributed by atoms with E-state index in [-0.39, 0.29) is 1.43 Å². The minimum atomic E-state index is 0. The highest BCUT2D eigenvalue weighted by molar-refractivity contribution is 5.57. The normalized spacial score (nSPS) is 24.7. The molecule has 1 fully saturated rings. The van der Waals surface area contributed by atoms with Crippen molar-refractivity contribution in [1.82, 2.24) is 0 Å². The minimum absolute atomic E-state index is 0. The molecule has 0 heteroatoms. The summed E-state index contributed by atoms with van der Waals surface area (Å²) in [5, 5.41) is 0. The van der Waals surface area contributed by atoms with E-state index >= 15 is 0 Å². The van der Waals surface area contributed by atoms with Gasteiger partial charge in [0.2, 0.25) is 0 Å². The molecule has 100 valence electrons. The molecule has 0 aromatic heterocycles. The van der Waals surface area contributed by atoms with Gasteiger partial charge >= 0.3 is 0 Å². The lowest BCUT2D eigenvalue weighted by Gasteiger charge is -2.23. The second-order valence-corrected chi connectivity index (χ2v) is 6.10. The zero-order valence-electron chi connectivity index (χ0n) is 12.3. The van der Waals surface area contributed by atoms with Crippen LogP contribution in [0.15, 0.2) is 18.2 Å². The topological polar surface area (TPSA) is 0 Å². The van der Waals surface area contributed by atoms with E-state index < -0.39 is 0 Å². The number of hydrogen-bond acceptors (Lipinski definition) is 0. The number of aryl methyl sites for hydroxylation is 1. The van der Waals surface area contributed by atoms with Crippen LogP contribution in [0.1, 0.15) is 56.3 Å². The Hall–Kier alpha value is -1.04. The van der Waals surface area contributed by atoms with Gasteiger partial charge in [-0.25, -0.2) is 0 Å². The Bertz CT molecular complexity index is 437. The van der Waals surface area contributed by atoms with Crippen LogP contribution in [0.2, 0.25) is 0 Å². The molecule has 0 amide bonds. The quantitative estimate of drug-likeness (QED) is 0.626. The Balaban J connectivity index is 0.00000180. The van der Waals surface area contributed by atoms with Crippen molar-refractivity contribution in [2.24, 2.45) is 11.8 Å². The highest BCUT2D eigenvalue weighted by atomic mass is 14.2. The van der Waals surface area contributed by atoms with E-state index in [1.165, 1.54) is 47.9 Å². The molecule has 1 aromatic rings. The van der Waals surface area contributed by atoms with Crippen LogP contribution in [0.5, 0.6) is 0 Å². The molecule has 0 aliphatic heterocycles. The summed E-state index contributed by atoms with van der Waals surface area (Å²) in [6, 6.07) is 4.50. The summed E-state index contributed by atoms with van der Waals surface area (Å²) in [5.41, 5.74) is 5.68. The standard InChI is InChI=1S/C18H26.H2/c1-13-5-8-17(9-6-13)10-12-18-11-7-14(2)15(3)16(18)4;/h7,10-13,17H,5-6,8-9H2,1-4H3;1H. The van der Waals surface area contributed by atoms with Crippen molar-refractivity contribution >= 4 is 6.08 Å². The molecule has 18 heavy (non-hydrogen) atoms. The average Bonchev–Trinajstić information content (AvgIpc) is 2.37. The zero-order valence-corrected chi connectivity index (χ0v) is 12.3. The molecule has 0 heterocycles. The van der Waals surface area contributed by atoms with Gasteiger partial charge in [-0.2, -0.15) is 0 Å². The fourth-order valence-electron chi connectivity index (χ4n) is 2.88. The minimum Gasteiger partial charge on any atom is -0.0808 e. The average molecular weight is 244 g/mol. The van der Waals surface area contributed by atoms with Gasteiger partial charge in [0, 0.05) is 1.43 Å². The number of allylic oxidation sites excluding steroid dienone is 1. The highest BCUT2D eigenvalue weighted by Gasteiger charge is 2.15. The Morgan fingerprint density at radius 2 is 1.67 bits per heavy atom. The van der Waals surface area contributed by atoms with Crippen molar-refractivity contribution in [1.29, 1.82) is 0 Å². The Morgan fingerprint density at radius 1 is 1.00 bits per heavy atom. The van der Waals surface area contributed by atoms with Crippen LogP contribution in [0, 0.1) is 32.6 Å². The fraction of sp³-hybridized carbons (Fsp3) is 0.556. The van der Waals surface area contributed by atoms with E-state index in [2.05, 4.69) is 52.0 Å². The molecular weight excluding hydrogens is 216 g/mol. The number of hydrogen-bond donors (Lipinski definition) is 0. The Labute approximate surface area is 114 Å². The first-order valence-corrected chi connectivity index (χ1v) is 7.33. The van der Waals surface area contributed by atoms with Crippen LogP contribution in [-0.2, 0) is 0 Å². The molecule has 1 aliphatic rings. The summed E-state index contributed by atoms with van der Waals surface area (Å²) in [6.45, 7) is 9.04. The fourth-order valence-corrected chi connectivity index (χ4v) is 2.88. The first-order chi connectivity index (χ1) is 8.58. The molecule has 1 aliphatic carbocycles. The van der Waals surface area contributed by atoms with E-state index in [1.54, 1.807) is 0 Å². The van der Waals surface area contributed by atoms with E-state index in [4.69, 9.17) is 0 Å². The summed E-state index contributed by atoms with van der Waals surface area (Å²) in [7, 11) is 0. The SMILES string of the molecule is Cc1ccc(C=CC2CCC(C)CC2)c(C)c1C.[HH]. The van der Waals surface area contributed by atoms with Gasteiger partial charge in [0.05, 0.1) is 0 Å². The maximum atomic E-state index is 2.45. The summed E-state index contributed by atoms with van der Waals surface area (Å²) in [5.74, 6) is 1.75. The first kappa shape index (κ1) is 13.4. The highest BCUT2D eigenvalue weighted by Crippen LogP contribution is 2.30. The van der Waals surface area contributed by atoms with Crippen molar-refractivity contribution in [3.05, 3.63) is 40.5 Å². The number of rotatable bonds is 2. The molecule has 0 unspecified atom stereocenters. The van der Waals surface area contributed by atoms with Crippen LogP contribution in [0.4, 0.5) is 0 Å². The molecule has 1 saturated carbocycles. The molecule has 0 nitrogen and oxygen atoms in total. The molecule has 0 spiro atoms. The van der Waals surface area contributed by atoms with E-state index in [9.17, 15) is 0 Å². The summed E-state index contributed by atoms with van der Waals surface area (Å²) < 4.78 is 0. The van der Waals surface area contributed by atoms with Gasteiger partial charge in [-0.1, -0.05) is 44.1 Å². The van der Waals surface area contributed by atoms with Crippen molar-refractivity contribution in [2.75, 3.05) is 0 Å². The van der Waals surface area contributed by atoms with Crippen molar-refractivity contribution in [2.45, 2.75) is 53.4 Å². The summed E-state index contributed by atoms with van der Waals surface area (Å²) in [6.07, 6.45) is 10.4. The van der Waals surface area contributed by atoms with Crippen LogP contribution in [0.3, 0.4) is 0 Å². The van der Waals surface area contributed by atoms with Crippen molar-refractivity contribution in [3.63, 3.8) is 0 Å². The Kier molecular flexibility index (Phi) is 4.27. The molecule has 0 atom stereocenters. The molecule has 0 bridgehead atoms. The van der Waals surface area contributed by atoms with Crippen LogP contribution in [0.25, 0.3) is 6.08 Å². The molecule has 1 aromatic carbocycles. The van der Waals surface area contributed by atoms with Gasteiger partial charge in [0.1, 0.15) is 0 Å². The van der Waals surface area contributed by atoms with Gasteiger partial charge < -0.3 is 0 Å². The largest absolute Gasteiger partial charge is 0.0808 e. The smallest absolute Gasteiger partial charge is 0 e. The summed E-state index contributed by atoms with van der Waals surface area (Å²) >= 11 is 0. The molecule has 0 radical (unpaired) electrons. The second kappa shape index (κ2) is 5.73. The van der Waals surface area contributed by atoms with Crippen LogP contribution < -0.4 is 0 Å². The van der Waals surface area contributed by atoms with Gasteiger partial charge in [0.25, 0.3) is 0 Å². The van der Waals surface area contributed by atoms with Gasteiger partial charge in [-0.3, -0.25) is 0 Å². The van der Waals surface area contributed by atoms with E-state index in [0.717, 1.165) is 11.8 Å². The van der Waals surface area contributed by atoms with Crippen LogP contribution in [-0.4, -0.2) is 0 Å². The van der Waals surface area contributed by atoms with E-state index in [1.807, 2.05) is 0 Å². The van der Waals surface area contributed by atoms with Gasteiger partial charge in [0.15, 0.2) is 0 Å². The third-order valence-corrected chi connectivity index (χ3v) is 4.71. The molecule has 0 N–H and O–H groups in total. The summed E-state index contributed by atoms with van der Waals surface area (Å²) in [4.78, 5) is 0. The number of benzene rings is 1. The maximum Gasteiger partial charge on any atom is 0 e. The molecule has 2 rings (SSSR count). The van der Waals surface area contributed by atoms with Crippen molar-refractivity contribution < 1.29 is 1.43 Å². The lowest BCUT2D eigenvalue weighted by atomic mass is 9.82. The first-order valence-electron chi connectivity index (χ1n) is 7.33. The molecule has 0 saturated heterocycles. The van der Waals surface area contributed by atoms with Crippen LogP contribution >= 0.6 is 0 Å². The molecular formula is C18H28. The van der Waals surface area contributed by atoms with E-state index in [0.29, 0.717) is 0 Å². The zero-order chi connectivity index (χ0) is 13.1. The third kappa shape index (κ3) is 3.04. The monoisotopic (exact) mass is 244 g/mol. The maximum absolute atomic E-state index is 2.45. The third-order valence-electron chi connectivity index (χ3n) is 4.71. The van der Waals surface area contributed by atoms with Gasteiger partial charge in [-0.05, 0) is 67.7 Å². The second-order valence-electron chi connectivity index (χ2n) is 6.10. The lowest BCUT2D eigenvalue weighted by Crippen LogP contribution is -2.09. The Morgan fingerprint density at radius 3 is 2.33 bits per heavy atom. The lowest BCUT2D eigenvalue weighted by molar-refractivity contribution is 0.331. The van der Waals surface area contributed by atoms with Gasteiger partial charge in [-0.15, -0.1) is 0 Å². The predicted octanol–water partition coefficient (Wildman–Crippen LogP) is 5.70. The predicted molar refractivity (Wildman–Crippen MR) is 82.9 cm³/mol. The van der Waals surface area contributed by atoms with Crippen molar-refractivity contribution in [3.8, 4) is 0 Å².